The summed E-state index contributed by atoms with van der Waals surface area (Å²) in [7, 11) is 0. The molecule has 1 aliphatic rings. The van der Waals surface area contributed by atoms with Crippen LogP contribution in [0.15, 0.2) is 133 Å². The molecular formula is C40H22N4O2. The number of nitrogens with zero attached hydrogens (tertiary/aromatic N) is 4. The Hall–Kier alpha value is -6.76. The van der Waals surface area contributed by atoms with Gasteiger partial charge in [0.2, 0.25) is 0 Å². The number of carbonyl (C=O) groups excluding carboxylic acids is 2. The van der Waals surface area contributed by atoms with Gasteiger partial charge in [0.05, 0.1) is 46.2 Å². The smallest absolute Gasteiger partial charge is 0.268 e. The first-order chi connectivity index (χ1) is 22.6. The third kappa shape index (κ3) is 4.02. The molecule has 0 N–H and O–H groups in total. The molecule has 0 fully saturated rings. The molecule has 0 spiro atoms. The van der Waals surface area contributed by atoms with Crippen LogP contribution in [0.5, 0.6) is 0 Å². The molecule has 2 heterocycles. The van der Waals surface area contributed by atoms with Crippen LogP contribution in [0.3, 0.4) is 0 Å². The monoisotopic (exact) mass is 590 g/mol. The summed E-state index contributed by atoms with van der Waals surface area (Å²) in [6.07, 6.45) is 0. The number of fused-ring (bicyclic) bond motifs is 4. The second-order valence-corrected chi connectivity index (χ2v) is 11.1. The van der Waals surface area contributed by atoms with Crippen molar-refractivity contribution in [1.29, 1.82) is 5.26 Å². The Morgan fingerprint density at radius 1 is 0.587 bits per heavy atom. The Kier molecular flexibility index (Phi) is 6.10. The topological polar surface area (TPSA) is 70.5 Å². The highest BCUT2D eigenvalue weighted by Gasteiger charge is 2.40. The van der Waals surface area contributed by atoms with Crippen molar-refractivity contribution in [3.05, 3.63) is 162 Å². The molecule has 0 saturated heterocycles. The molecule has 6 heteroatoms. The van der Waals surface area contributed by atoms with Gasteiger partial charge in [0, 0.05) is 21.9 Å². The largest absolute Gasteiger partial charge is 0.310 e. The fraction of sp³-hybridized carbons (Fsp3) is 0. The highest BCUT2D eigenvalue weighted by Crippen LogP contribution is 2.42. The van der Waals surface area contributed by atoms with Crippen LogP contribution < -0.4 is 4.90 Å². The van der Waals surface area contributed by atoms with Gasteiger partial charge in [-0.25, -0.2) is 9.74 Å². The Morgan fingerprint density at radius 3 is 2.00 bits per heavy atom. The van der Waals surface area contributed by atoms with E-state index >= 15 is 0 Å². The molecule has 0 unspecified atom stereocenters. The van der Waals surface area contributed by atoms with E-state index in [1.54, 1.807) is 36.4 Å². The van der Waals surface area contributed by atoms with Crippen LogP contribution in [0.4, 0.5) is 11.4 Å². The summed E-state index contributed by atoms with van der Waals surface area (Å²) in [5.74, 6) is -0.847. The second-order valence-electron chi connectivity index (χ2n) is 11.1. The van der Waals surface area contributed by atoms with Gasteiger partial charge in [-0.3, -0.25) is 9.59 Å². The quantitative estimate of drug-likeness (QED) is 0.151. The van der Waals surface area contributed by atoms with E-state index in [4.69, 9.17) is 6.57 Å². The molecule has 0 saturated carbocycles. The summed E-state index contributed by atoms with van der Waals surface area (Å²) >= 11 is 0. The van der Waals surface area contributed by atoms with Crippen molar-refractivity contribution in [2.24, 2.45) is 0 Å². The lowest BCUT2D eigenvalue weighted by Gasteiger charge is -2.20. The van der Waals surface area contributed by atoms with Crippen molar-refractivity contribution in [2.75, 3.05) is 4.90 Å². The normalized spacial score (nSPS) is 12.3. The van der Waals surface area contributed by atoms with Crippen molar-refractivity contribution >= 4 is 45.0 Å². The molecule has 0 bridgehead atoms. The molecule has 46 heavy (non-hydrogen) atoms. The van der Waals surface area contributed by atoms with Gasteiger partial charge in [-0.15, -0.1) is 0 Å². The number of nitriles is 1. The van der Waals surface area contributed by atoms with Crippen LogP contribution >= 0.6 is 0 Å². The summed E-state index contributed by atoms with van der Waals surface area (Å²) in [5.41, 5.74) is 7.53. The first-order valence-corrected chi connectivity index (χ1v) is 14.7. The fourth-order valence-electron chi connectivity index (χ4n) is 6.47. The number of rotatable bonds is 4. The third-order valence-electron chi connectivity index (χ3n) is 8.57. The van der Waals surface area contributed by atoms with E-state index in [0.29, 0.717) is 39.2 Å². The molecule has 7 aromatic rings. The summed E-state index contributed by atoms with van der Waals surface area (Å²) < 4.78 is 1.89. The second kappa shape index (κ2) is 10.4. The van der Waals surface area contributed by atoms with E-state index < -0.39 is 11.8 Å². The average Bonchev–Trinajstić information content (AvgIpc) is 3.58. The van der Waals surface area contributed by atoms with Crippen LogP contribution in [-0.4, -0.2) is 16.4 Å². The van der Waals surface area contributed by atoms with Crippen molar-refractivity contribution in [1.82, 2.24) is 4.57 Å². The van der Waals surface area contributed by atoms with Gasteiger partial charge >= 0.3 is 0 Å². The minimum absolute atomic E-state index is 0.271. The average molecular weight is 591 g/mol. The highest BCUT2D eigenvalue weighted by molar-refractivity contribution is 6.36. The molecule has 8 rings (SSSR count). The van der Waals surface area contributed by atoms with E-state index in [0.717, 1.165) is 33.0 Å². The zero-order chi connectivity index (χ0) is 31.4. The summed E-state index contributed by atoms with van der Waals surface area (Å²) in [6, 6.07) is 43.8. The first kappa shape index (κ1) is 26.8. The van der Waals surface area contributed by atoms with Gasteiger partial charge in [-0.05, 0) is 59.2 Å². The maximum atomic E-state index is 14.6. The molecule has 2 amide bonds. The molecule has 1 aliphatic heterocycles. The van der Waals surface area contributed by atoms with Gasteiger partial charge in [0.1, 0.15) is 0 Å². The first-order valence-electron chi connectivity index (χ1n) is 14.7. The van der Waals surface area contributed by atoms with Crippen LogP contribution in [0.1, 0.15) is 26.3 Å². The maximum absolute atomic E-state index is 14.6. The number of hydrogen-bond donors (Lipinski definition) is 0. The van der Waals surface area contributed by atoms with E-state index in [2.05, 4.69) is 10.9 Å². The Morgan fingerprint density at radius 2 is 1.28 bits per heavy atom. The summed E-state index contributed by atoms with van der Waals surface area (Å²) in [4.78, 5) is 33.7. The van der Waals surface area contributed by atoms with Crippen LogP contribution in [0, 0.1) is 17.9 Å². The van der Waals surface area contributed by atoms with Crippen LogP contribution in [0.2, 0.25) is 0 Å². The van der Waals surface area contributed by atoms with Gasteiger partial charge in [0.15, 0.2) is 5.69 Å². The number of benzene rings is 6. The number of imide groups is 1. The van der Waals surface area contributed by atoms with E-state index in [1.165, 1.54) is 4.90 Å². The van der Waals surface area contributed by atoms with E-state index in [9.17, 15) is 14.9 Å². The molecule has 0 radical (unpaired) electrons. The molecule has 6 nitrogen and oxygen atoms in total. The highest BCUT2D eigenvalue weighted by atomic mass is 16.2. The molecule has 1 aromatic heterocycles. The maximum Gasteiger partial charge on any atom is 0.268 e. The van der Waals surface area contributed by atoms with E-state index in [-0.39, 0.29) is 5.56 Å². The van der Waals surface area contributed by atoms with Crippen LogP contribution in [0.25, 0.3) is 54.6 Å². The van der Waals surface area contributed by atoms with Crippen molar-refractivity contribution in [3.63, 3.8) is 0 Å². The van der Waals surface area contributed by atoms with Gasteiger partial charge < -0.3 is 4.57 Å². The minimum Gasteiger partial charge on any atom is -0.310 e. The lowest BCUT2D eigenvalue weighted by atomic mass is 9.97. The van der Waals surface area contributed by atoms with Crippen LogP contribution in [-0.2, 0) is 0 Å². The minimum atomic E-state index is -0.437. The SMILES string of the molecule is [C-]#[N+]c1ccc2c3ccc(C#N)cc3n(-c3cccc4c3C(=O)N(c3ccc(-c5ccccc5)cc3-c3ccccc3)C4=O)c2c1. The molecular weight excluding hydrogens is 568 g/mol. The van der Waals surface area contributed by atoms with Gasteiger partial charge in [-0.2, -0.15) is 5.26 Å². The standard InChI is InChI=1S/C40H22N4O2/c1-42-29-17-19-31-30-18-15-25(24-41)21-36(30)43(37(31)23-29)35-14-8-13-32-38(35)40(46)44(39(32)45)34-20-16-28(26-9-4-2-5-10-26)22-33(34)27-11-6-3-7-12-27/h2-23H. The molecule has 214 valence electrons. The van der Waals surface area contributed by atoms with E-state index in [1.807, 2.05) is 102 Å². The number of carbonyl (C=O) groups is 2. The fourth-order valence-corrected chi connectivity index (χ4v) is 6.47. The van der Waals surface area contributed by atoms with Crippen molar-refractivity contribution < 1.29 is 9.59 Å². The predicted octanol–water partition coefficient (Wildman–Crippen LogP) is 9.34. The Labute approximate surface area is 264 Å². The zero-order valence-electron chi connectivity index (χ0n) is 24.3. The van der Waals surface area contributed by atoms with Gasteiger partial charge in [-0.1, -0.05) is 91.0 Å². The summed E-state index contributed by atoms with van der Waals surface area (Å²) in [6.45, 7) is 7.62. The molecule has 0 atom stereocenters. The number of aromatic nitrogens is 1. The van der Waals surface area contributed by atoms with Crippen molar-refractivity contribution in [3.8, 4) is 34.0 Å². The Balaban J connectivity index is 1.35. The number of anilines is 1. The number of hydrogen-bond acceptors (Lipinski definition) is 3. The Bertz CT molecular complexity index is 2410. The lowest BCUT2D eigenvalue weighted by Crippen LogP contribution is -2.30. The third-order valence-corrected chi connectivity index (χ3v) is 8.57. The van der Waals surface area contributed by atoms with Gasteiger partial charge in [0.25, 0.3) is 11.8 Å². The zero-order valence-corrected chi connectivity index (χ0v) is 24.3. The lowest BCUT2D eigenvalue weighted by molar-refractivity contribution is 0.0926. The summed E-state index contributed by atoms with van der Waals surface area (Å²) in [5, 5.41) is 11.5. The molecule has 0 aliphatic carbocycles. The molecule has 6 aromatic carbocycles. The predicted molar refractivity (Wildman–Crippen MR) is 180 cm³/mol. The van der Waals surface area contributed by atoms with Crippen molar-refractivity contribution in [2.45, 2.75) is 0 Å². The number of amides is 2.